The highest BCUT2D eigenvalue weighted by Gasteiger charge is 2.29. The molecule has 102 valence electrons. The lowest BCUT2D eigenvalue weighted by Crippen LogP contribution is -2.18. The average Bonchev–Trinajstić information content (AvgIpc) is 2.36. The van der Waals surface area contributed by atoms with E-state index in [4.69, 9.17) is 15.9 Å². The minimum absolute atomic E-state index is 0.00444. The smallest absolute Gasteiger partial charge is 0.355 e. The Labute approximate surface area is 111 Å². The van der Waals surface area contributed by atoms with Crippen molar-refractivity contribution < 1.29 is 29.7 Å². The van der Waals surface area contributed by atoms with Gasteiger partial charge in [-0.25, -0.2) is 19.4 Å². The second-order valence-electron chi connectivity index (χ2n) is 3.87. The van der Waals surface area contributed by atoms with E-state index in [0.29, 0.717) is 0 Å². The van der Waals surface area contributed by atoms with Crippen LogP contribution in [0.1, 0.15) is 31.2 Å². The number of carboxylic acid groups (broad SMARTS) is 3. The number of nitrogen functional groups attached to an aromatic ring is 1. The van der Waals surface area contributed by atoms with E-state index in [2.05, 4.69) is 4.98 Å². The third-order valence-electron chi connectivity index (χ3n) is 2.67. The minimum atomic E-state index is -1.70. The number of nitrogens with two attached hydrogens (primary N) is 1. The number of nitrogens with zero attached hydrogens (tertiary/aromatic N) is 1. The van der Waals surface area contributed by atoms with Gasteiger partial charge in [-0.15, -0.1) is 0 Å². The first-order chi connectivity index (χ1) is 9.34. The third-order valence-corrected chi connectivity index (χ3v) is 2.67. The normalized spacial score (nSPS) is 10.4. The molecule has 0 bridgehead atoms. The number of benzene rings is 1. The second-order valence-corrected chi connectivity index (χ2v) is 3.87. The van der Waals surface area contributed by atoms with Crippen LogP contribution in [0.3, 0.4) is 0 Å². The van der Waals surface area contributed by atoms with Crippen molar-refractivity contribution in [3.63, 3.8) is 0 Å². The summed E-state index contributed by atoms with van der Waals surface area (Å²) in [7, 11) is 0. The summed E-state index contributed by atoms with van der Waals surface area (Å²) in [6, 6.07) is 4.20. The van der Waals surface area contributed by atoms with Gasteiger partial charge in [0.1, 0.15) is 5.56 Å². The molecule has 0 aliphatic heterocycles. The summed E-state index contributed by atoms with van der Waals surface area (Å²) in [6.45, 7) is 0. The Kier molecular flexibility index (Phi) is 2.99. The highest BCUT2D eigenvalue weighted by molar-refractivity contribution is 6.17. The fraction of sp³-hybridized carbons (Fsp3) is 0. The van der Waals surface area contributed by atoms with E-state index >= 15 is 0 Å². The summed E-state index contributed by atoms with van der Waals surface area (Å²) >= 11 is 0. The van der Waals surface area contributed by atoms with Gasteiger partial charge < -0.3 is 21.1 Å². The van der Waals surface area contributed by atoms with Crippen LogP contribution in [-0.2, 0) is 0 Å². The Hall–Kier alpha value is -3.16. The first-order valence-electron chi connectivity index (χ1n) is 5.26. The Balaban J connectivity index is 3.11. The van der Waals surface area contributed by atoms with Gasteiger partial charge in [0.15, 0.2) is 5.69 Å². The summed E-state index contributed by atoms with van der Waals surface area (Å²) in [6.07, 6.45) is 0. The summed E-state index contributed by atoms with van der Waals surface area (Å²) in [5.41, 5.74) is 3.24. The number of aromatic carboxylic acids is 3. The molecule has 0 fully saturated rings. The van der Waals surface area contributed by atoms with Crippen LogP contribution in [0.15, 0.2) is 18.2 Å². The molecule has 0 unspecified atom stereocenters. The maximum atomic E-state index is 11.3. The van der Waals surface area contributed by atoms with Crippen molar-refractivity contribution in [3.8, 4) is 0 Å². The minimum Gasteiger partial charge on any atom is -0.478 e. The molecule has 8 heteroatoms. The van der Waals surface area contributed by atoms with Crippen LogP contribution >= 0.6 is 0 Å². The molecule has 0 amide bonds. The number of pyridine rings is 1. The van der Waals surface area contributed by atoms with E-state index in [1.54, 1.807) is 0 Å². The van der Waals surface area contributed by atoms with Crippen molar-refractivity contribution in [2.24, 2.45) is 0 Å². The number of carbonyl (C=O) groups is 3. The molecule has 2 aromatic rings. The number of carboxylic acids is 3. The number of rotatable bonds is 3. The Morgan fingerprint density at radius 1 is 0.950 bits per heavy atom. The van der Waals surface area contributed by atoms with Crippen molar-refractivity contribution >= 4 is 34.5 Å². The molecule has 0 aliphatic rings. The van der Waals surface area contributed by atoms with Gasteiger partial charge >= 0.3 is 17.9 Å². The SMILES string of the molecule is Nc1cccc2nc(C(=O)O)c(C(=O)O)c(C(=O)O)c12. The zero-order valence-corrected chi connectivity index (χ0v) is 9.82. The number of aromatic nitrogens is 1. The van der Waals surface area contributed by atoms with Crippen molar-refractivity contribution in [1.82, 2.24) is 4.98 Å². The molecular formula is C12H8N2O6. The molecule has 5 N–H and O–H groups in total. The Morgan fingerprint density at radius 3 is 2.05 bits per heavy atom. The predicted octanol–water partition coefficient (Wildman–Crippen LogP) is 0.912. The van der Waals surface area contributed by atoms with Crippen molar-refractivity contribution in [1.29, 1.82) is 0 Å². The first kappa shape index (κ1) is 13.3. The van der Waals surface area contributed by atoms with Crippen LogP contribution in [0, 0.1) is 0 Å². The van der Waals surface area contributed by atoms with Gasteiger partial charge in [0, 0.05) is 11.1 Å². The molecular weight excluding hydrogens is 268 g/mol. The molecule has 0 atom stereocenters. The lowest BCUT2D eigenvalue weighted by Gasteiger charge is -2.10. The third kappa shape index (κ3) is 1.88. The van der Waals surface area contributed by atoms with Gasteiger partial charge in [-0.2, -0.15) is 0 Å². The molecule has 0 saturated carbocycles. The highest BCUT2D eigenvalue weighted by atomic mass is 16.4. The van der Waals surface area contributed by atoms with Gasteiger partial charge in [0.2, 0.25) is 0 Å². The number of hydrogen-bond acceptors (Lipinski definition) is 5. The van der Waals surface area contributed by atoms with E-state index < -0.39 is 34.7 Å². The second kappa shape index (κ2) is 4.50. The van der Waals surface area contributed by atoms with Crippen molar-refractivity contribution in [3.05, 3.63) is 35.0 Å². The molecule has 0 aliphatic carbocycles. The lowest BCUT2D eigenvalue weighted by molar-refractivity contribution is 0.0631. The lowest BCUT2D eigenvalue weighted by atomic mass is 9.99. The van der Waals surface area contributed by atoms with E-state index in [-0.39, 0.29) is 16.6 Å². The van der Waals surface area contributed by atoms with Gasteiger partial charge in [-0.1, -0.05) is 6.07 Å². The molecule has 0 spiro atoms. The maximum absolute atomic E-state index is 11.3. The van der Waals surface area contributed by atoms with Crippen LogP contribution in [0.4, 0.5) is 5.69 Å². The zero-order chi connectivity index (χ0) is 15.0. The Bertz CT molecular complexity index is 768. The van der Waals surface area contributed by atoms with Gasteiger partial charge in [-0.05, 0) is 12.1 Å². The Morgan fingerprint density at radius 2 is 1.55 bits per heavy atom. The molecule has 1 heterocycles. The van der Waals surface area contributed by atoms with Crippen molar-refractivity contribution in [2.45, 2.75) is 0 Å². The number of fused-ring (bicyclic) bond motifs is 1. The fourth-order valence-corrected chi connectivity index (χ4v) is 1.92. The van der Waals surface area contributed by atoms with Gasteiger partial charge in [0.25, 0.3) is 0 Å². The molecule has 1 aromatic carbocycles. The standard InChI is InChI=1S/C12H8N2O6/c13-4-2-1-3-5-6(4)7(10(15)16)8(11(17)18)9(14-5)12(19)20/h1-3H,13H2,(H,15,16)(H,17,18)(H,19,20). The number of anilines is 1. The van der Waals surface area contributed by atoms with E-state index in [1.807, 2.05) is 0 Å². The molecule has 2 rings (SSSR count). The quantitative estimate of drug-likeness (QED) is 0.604. The summed E-state index contributed by atoms with van der Waals surface area (Å²) in [4.78, 5) is 37.3. The van der Waals surface area contributed by atoms with E-state index in [1.165, 1.54) is 18.2 Å². The topological polar surface area (TPSA) is 151 Å². The molecule has 0 radical (unpaired) electrons. The zero-order valence-electron chi connectivity index (χ0n) is 9.82. The predicted molar refractivity (Wildman–Crippen MR) is 67.0 cm³/mol. The van der Waals surface area contributed by atoms with Crippen LogP contribution in [0.5, 0.6) is 0 Å². The van der Waals surface area contributed by atoms with Gasteiger partial charge in [0.05, 0.1) is 11.1 Å². The first-order valence-corrected chi connectivity index (χ1v) is 5.26. The molecule has 0 saturated heterocycles. The summed E-state index contributed by atoms with van der Waals surface area (Å²) in [5, 5.41) is 27.2. The van der Waals surface area contributed by atoms with Gasteiger partial charge in [-0.3, -0.25) is 0 Å². The van der Waals surface area contributed by atoms with E-state index in [0.717, 1.165) is 0 Å². The molecule has 8 nitrogen and oxygen atoms in total. The monoisotopic (exact) mass is 276 g/mol. The molecule has 20 heavy (non-hydrogen) atoms. The van der Waals surface area contributed by atoms with Crippen LogP contribution in [-0.4, -0.2) is 38.2 Å². The van der Waals surface area contributed by atoms with Crippen LogP contribution < -0.4 is 5.73 Å². The largest absolute Gasteiger partial charge is 0.478 e. The van der Waals surface area contributed by atoms with E-state index in [9.17, 15) is 19.5 Å². The summed E-state index contributed by atoms with van der Waals surface area (Å²) < 4.78 is 0. The fourth-order valence-electron chi connectivity index (χ4n) is 1.92. The number of hydrogen-bond donors (Lipinski definition) is 4. The maximum Gasteiger partial charge on any atom is 0.355 e. The highest BCUT2D eigenvalue weighted by Crippen LogP contribution is 2.28. The summed E-state index contributed by atoms with van der Waals surface area (Å²) in [5.74, 6) is -4.91. The molecule has 1 aromatic heterocycles. The van der Waals surface area contributed by atoms with Crippen LogP contribution in [0.25, 0.3) is 10.9 Å². The van der Waals surface area contributed by atoms with Crippen molar-refractivity contribution in [2.75, 3.05) is 5.73 Å². The average molecular weight is 276 g/mol. The van der Waals surface area contributed by atoms with Crippen LogP contribution in [0.2, 0.25) is 0 Å².